The van der Waals surface area contributed by atoms with Gasteiger partial charge in [0.1, 0.15) is 25.2 Å². The Morgan fingerprint density at radius 1 is 0.877 bits per heavy atom. The van der Waals surface area contributed by atoms with Crippen LogP contribution < -0.4 is 14.4 Å². The Labute approximate surface area is 339 Å². The van der Waals surface area contributed by atoms with E-state index in [0.29, 0.717) is 58.0 Å². The largest absolute Gasteiger partial charge is 0.468 e. The number of ether oxygens (including phenoxy) is 4. The molecule has 3 heterocycles. The number of benzene rings is 3. The predicted molar refractivity (Wildman–Crippen MR) is 230 cm³/mol. The monoisotopic (exact) mass is 792 g/mol. The molecule has 4 fully saturated rings. The Morgan fingerprint density at radius 3 is 2.25 bits per heavy atom. The lowest BCUT2D eigenvalue weighted by atomic mass is 9.93. The van der Waals surface area contributed by atoms with Gasteiger partial charge in [0.15, 0.2) is 12.6 Å². The maximum Gasteiger partial charge on any atom is 0.319 e. The van der Waals surface area contributed by atoms with Crippen LogP contribution in [-0.4, -0.2) is 89.4 Å². The van der Waals surface area contributed by atoms with Crippen molar-refractivity contribution in [2.75, 3.05) is 65.2 Å². The molecule has 2 atom stereocenters. The molecule has 8 rings (SSSR count). The van der Waals surface area contributed by atoms with Crippen molar-refractivity contribution in [3.8, 4) is 34.4 Å². The van der Waals surface area contributed by atoms with E-state index in [4.69, 9.17) is 28.9 Å². The molecule has 8 nitrogen and oxygen atoms in total. The van der Waals surface area contributed by atoms with Gasteiger partial charge >= 0.3 is 6.01 Å². The average Bonchev–Trinajstić information content (AvgIpc) is 3.87. The lowest BCUT2D eigenvalue weighted by molar-refractivity contribution is -0.0410. The first-order valence-corrected chi connectivity index (χ1v) is 23.5. The summed E-state index contributed by atoms with van der Waals surface area (Å²) in [5.41, 5.74) is 7.79. The third-order valence-corrected chi connectivity index (χ3v) is 20.1. The number of aromatic nitrogens is 2. The molecule has 2 bridgehead atoms. The van der Waals surface area contributed by atoms with E-state index in [0.717, 1.165) is 73.1 Å². The summed E-state index contributed by atoms with van der Waals surface area (Å²) in [5, 5.41) is 2.55. The van der Waals surface area contributed by atoms with E-state index < -0.39 is 13.9 Å². The van der Waals surface area contributed by atoms with Crippen molar-refractivity contribution in [2.24, 2.45) is 17.3 Å². The van der Waals surface area contributed by atoms with Gasteiger partial charge in [-0.05, 0) is 95.8 Å². The number of rotatable bonds is 14. The molecule has 3 aromatic carbocycles. The summed E-state index contributed by atoms with van der Waals surface area (Å²) in [4.78, 5) is 14.8. The van der Waals surface area contributed by atoms with E-state index in [1.54, 1.807) is 14.2 Å². The molecule has 2 saturated carbocycles. The third-order valence-electron chi connectivity index (χ3n) is 13.8. The van der Waals surface area contributed by atoms with E-state index in [2.05, 4.69) is 74.9 Å². The van der Waals surface area contributed by atoms with Gasteiger partial charge in [-0.25, -0.2) is 4.39 Å². The maximum absolute atomic E-state index is 17.7. The second kappa shape index (κ2) is 16.1. The Kier molecular flexibility index (Phi) is 11.3. The Morgan fingerprint density at radius 2 is 1.60 bits per heavy atom. The molecule has 1 aromatic heterocycles. The molecule has 4 aromatic rings. The van der Waals surface area contributed by atoms with Gasteiger partial charge in [0.25, 0.3) is 0 Å². The average molecular weight is 793 g/mol. The third kappa shape index (κ3) is 7.78. The van der Waals surface area contributed by atoms with E-state index >= 15 is 4.39 Å². The van der Waals surface area contributed by atoms with Gasteiger partial charge in [0.2, 0.25) is 0 Å². The molecule has 0 N–H and O–H groups in total. The zero-order chi connectivity index (χ0) is 40.1. The second-order valence-electron chi connectivity index (χ2n) is 18.5. The number of piperidine rings is 1. The van der Waals surface area contributed by atoms with Crippen LogP contribution in [0.4, 0.5) is 10.2 Å². The Hall–Kier alpha value is -3.75. The number of hydrogen-bond acceptors (Lipinski definition) is 8. The minimum absolute atomic E-state index is 0.0714. The van der Waals surface area contributed by atoms with Crippen LogP contribution in [0.15, 0.2) is 42.5 Å². The van der Waals surface area contributed by atoms with Crippen LogP contribution in [0, 0.1) is 34.5 Å². The zero-order valence-corrected chi connectivity index (χ0v) is 36.3. The van der Waals surface area contributed by atoms with Crippen molar-refractivity contribution in [3.63, 3.8) is 0 Å². The molecule has 0 radical (unpaired) electrons. The predicted octanol–water partition coefficient (Wildman–Crippen LogP) is 9.87. The van der Waals surface area contributed by atoms with Crippen molar-refractivity contribution in [3.05, 3.63) is 53.8 Å². The van der Waals surface area contributed by atoms with Crippen LogP contribution in [0.25, 0.3) is 32.8 Å². The topological polar surface area (TPSA) is 69.2 Å². The van der Waals surface area contributed by atoms with Crippen LogP contribution in [0.1, 0.15) is 79.2 Å². The molecule has 2 unspecified atom stereocenters. The van der Waals surface area contributed by atoms with Crippen molar-refractivity contribution in [2.45, 2.75) is 96.4 Å². The molecule has 2 aliphatic heterocycles. The molecule has 10 heteroatoms. The minimum atomic E-state index is -2.06. The van der Waals surface area contributed by atoms with E-state index in [-0.39, 0.29) is 23.7 Å². The SMILES string of the molecule is COCOc1cc(-c2ccc3c(N4CC5CCC(C5)C4)nc(OCC4(CN5CC(OC)C5)CC4)nc3c2F)c2c(C#C[Si](C(C)C)(C(C)C)C(C)C)cccc2c1. The van der Waals surface area contributed by atoms with Crippen LogP contribution in [0.3, 0.4) is 0 Å². The molecular weight excluding hydrogens is 732 g/mol. The second-order valence-corrected chi connectivity index (χ2v) is 24.1. The number of hydrogen-bond donors (Lipinski definition) is 0. The molecule has 57 heavy (non-hydrogen) atoms. The molecule has 2 aliphatic carbocycles. The van der Waals surface area contributed by atoms with Gasteiger partial charge in [-0.1, -0.05) is 65.7 Å². The van der Waals surface area contributed by atoms with E-state index in [1.165, 1.54) is 19.3 Å². The van der Waals surface area contributed by atoms with Gasteiger partial charge in [0.05, 0.1) is 12.7 Å². The summed E-state index contributed by atoms with van der Waals surface area (Å²) in [6.07, 6.45) is 6.26. The standard InChI is InChI=1S/C47H61FN4O4Si/c1-30(2)57(31(3)4,32(5)6)19-16-35-10-9-11-36-21-37(56-29-53-7)22-41(42(35)36)39-14-15-40-44(43(39)48)49-46(50-45(40)52-23-33-12-13-34(20-33)24-52)55-28-47(17-18-47)27-51-25-38(26-51)54-8/h9-11,14-15,21-22,30-34,38H,12-13,17-18,20,23-29H2,1-8H3. The van der Waals surface area contributed by atoms with Gasteiger partial charge < -0.3 is 23.8 Å². The number of methoxy groups -OCH3 is 2. The molecular formula is C47H61FN4O4Si. The Bertz CT molecular complexity index is 2140. The fraction of sp³-hybridized carbons (Fsp3) is 0.574. The number of likely N-dealkylation sites (tertiary alicyclic amines) is 1. The maximum atomic E-state index is 17.7. The highest BCUT2D eigenvalue weighted by atomic mass is 28.3. The highest BCUT2D eigenvalue weighted by Gasteiger charge is 2.47. The fourth-order valence-electron chi connectivity index (χ4n) is 10.6. The summed E-state index contributed by atoms with van der Waals surface area (Å²) < 4.78 is 41.0. The van der Waals surface area contributed by atoms with Gasteiger partial charge in [0, 0.05) is 74.3 Å². The first-order valence-electron chi connectivity index (χ1n) is 21.3. The van der Waals surface area contributed by atoms with Crippen LogP contribution in [0.2, 0.25) is 16.6 Å². The van der Waals surface area contributed by atoms with Gasteiger partial charge in [-0.15, -0.1) is 5.54 Å². The first-order chi connectivity index (χ1) is 27.4. The quantitative estimate of drug-likeness (QED) is 0.0711. The molecule has 2 saturated heterocycles. The minimum Gasteiger partial charge on any atom is -0.468 e. The molecule has 0 spiro atoms. The van der Waals surface area contributed by atoms with Crippen LogP contribution in [-0.2, 0) is 9.47 Å². The molecule has 4 aliphatic rings. The lowest BCUT2D eigenvalue weighted by Crippen LogP contribution is -2.54. The van der Waals surface area contributed by atoms with Crippen molar-refractivity contribution in [1.82, 2.24) is 14.9 Å². The van der Waals surface area contributed by atoms with E-state index in [9.17, 15) is 0 Å². The Balaban J connectivity index is 1.25. The summed E-state index contributed by atoms with van der Waals surface area (Å²) >= 11 is 0. The number of fused-ring (bicyclic) bond motifs is 4. The summed E-state index contributed by atoms with van der Waals surface area (Å²) in [7, 11) is 1.33. The normalized spacial score (nSPS) is 20.7. The zero-order valence-electron chi connectivity index (χ0n) is 35.3. The number of nitrogens with zero attached hydrogens (tertiary/aromatic N) is 4. The van der Waals surface area contributed by atoms with Crippen LogP contribution >= 0.6 is 0 Å². The summed E-state index contributed by atoms with van der Waals surface area (Å²) in [5.74, 6) is 5.95. The number of halogens is 1. The van der Waals surface area contributed by atoms with Crippen molar-refractivity contribution in [1.29, 1.82) is 0 Å². The number of anilines is 1. The van der Waals surface area contributed by atoms with Crippen molar-refractivity contribution < 1.29 is 23.3 Å². The highest BCUT2D eigenvalue weighted by molar-refractivity contribution is 6.90. The molecule has 0 amide bonds. The highest BCUT2D eigenvalue weighted by Crippen LogP contribution is 2.48. The van der Waals surface area contributed by atoms with Gasteiger partial charge in [-0.2, -0.15) is 9.97 Å². The summed E-state index contributed by atoms with van der Waals surface area (Å²) in [6.45, 7) is 19.3. The smallest absolute Gasteiger partial charge is 0.319 e. The molecule has 304 valence electrons. The lowest BCUT2D eigenvalue weighted by Gasteiger charge is -2.40. The summed E-state index contributed by atoms with van der Waals surface area (Å²) in [6, 6.07) is 14.3. The first kappa shape index (κ1) is 40.0. The van der Waals surface area contributed by atoms with Crippen molar-refractivity contribution >= 4 is 35.6 Å². The van der Waals surface area contributed by atoms with Crippen LogP contribution in [0.5, 0.6) is 11.8 Å². The van der Waals surface area contributed by atoms with E-state index in [1.807, 2.05) is 30.3 Å². The fourth-order valence-corrected chi connectivity index (χ4v) is 15.8. The van der Waals surface area contributed by atoms with Gasteiger partial charge in [-0.3, -0.25) is 4.90 Å².